The number of anilines is 1. The molecule has 1 aromatic rings. The van der Waals surface area contributed by atoms with Crippen molar-refractivity contribution in [3.8, 4) is 11.3 Å². The first-order chi connectivity index (χ1) is 24.2. The number of carbonyl (C=O) groups is 1. The minimum Gasteiger partial charge on any atom is -0.748 e. The number of ether oxygens (including phenoxy) is 2. The molecule has 0 bridgehead atoms. The molecule has 278 valence electrons. The Labute approximate surface area is 327 Å². The molecule has 0 fully saturated rings. The van der Waals surface area contributed by atoms with Crippen molar-refractivity contribution in [3.05, 3.63) is 83.1 Å². The molecule has 2 aliphatic heterocycles. The summed E-state index contributed by atoms with van der Waals surface area (Å²) in [6.07, 6.45) is 9.14. The maximum atomic E-state index is 12.1. The second-order valence-corrected chi connectivity index (χ2v) is 15.5. The third-order valence-electron chi connectivity index (χ3n) is 9.09. The molecule has 1 aliphatic carbocycles. The Morgan fingerprint density at radius 2 is 1.69 bits per heavy atom. The van der Waals surface area contributed by atoms with Crippen molar-refractivity contribution in [2.75, 3.05) is 57.7 Å². The fourth-order valence-electron chi connectivity index (χ4n) is 6.49. The van der Waals surface area contributed by atoms with Crippen molar-refractivity contribution in [1.29, 1.82) is 0 Å². The van der Waals surface area contributed by atoms with Crippen molar-refractivity contribution >= 4 is 38.0 Å². The fraction of sp³-hybridized carbons (Fsp3) is 0.444. The molecule has 1 atom stereocenters. The molecule has 0 aromatic heterocycles. The average molecular weight is 769 g/mol. The summed E-state index contributed by atoms with van der Waals surface area (Å²) in [5, 5.41) is 10.0. The summed E-state index contributed by atoms with van der Waals surface area (Å²) in [6, 6.07) is 11.9. The van der Waals surface area contributed by atoms with Gasteiger partial charge in [0, 0.05) is 61.4 Å². The van der Waals surface area contributed by atoms with Gasteiger partial charge in [-0.25, -0.2) is 21.4 Å². The number of hydrogen-bond acceptors (Lipinski definition) is 11. The van der Waals surface area contributed by atoms with Crippen LogP contribution in [-0.4, -0.2) is 89.8 Å². The van der Waals surface area contributed by atoms with Gasteiger partial charge in [-0.3, -0.25) is 4.79 Å². The Bertz CT molecular complexity index is 2000. The number of benzene rings is 2. The number of nitrogens with zero attached hydrogens (tertiary/aromatic N) is 2. The van der Waals surface area contributed by atoms with Crippen LogP contribution >= 0.6 is 0 Å². The first kappa shape index (κ1) is 43.5. The van der Waals surface area contributed by atoms with Gasteiger partial charge in [0.25, 0.3) is 0 Å². The standard InChI is InChI=1S/C36H46N2O11S2.Na/c1-36(17-8-24-50(41,42)43)31-26-29(51(44,45)46)13-15-32(31)38(18-6-4-5-11-35(39)40)34(36)10-7-9-27-16-21-49-33-25-28(12-14-30(27)33)37(19-22-47-2)20-23-48-3;/h7,9-10,12-16,21,25-26H,4-6,8,11,17-20,22-24H2,1-3H3,(H2-,39,40,41,42,43,44,45,46);/q;+1/p-1. The smallest absolute Gasteiger partial charge is 0.748 e. The maximum absolute atomic E-state index is 12.1. The molecule has 0 radical (unpaired) electrons. The van der Waals surface area contributed by atoms with E-state index < -0.39 is 42.3 Å². The minimum absolute atomic E-state index is 0. The van der Waals surface area contributed by atoms with E-state index in [0.717, 1.165) is 22.2 Å². The first-order valence-corrected chi connectivity index (χ1v) is 19.7. The number of hydrogen-bond donors (Lipinski definition) is 1. The van der Waals surface area contributed by atoms with Crippen LogP contribution in [-0.2, 0) is 39.9 Å². The van der Waals surface area contributed by atoms with E-state index in [2.05, 4.69) is 4.58 Å². The van der Waals surface area contributed by atoms with E-state index in [-0.39, 0.29) is 48.8 Å². The molecule has 0 amide bonds. The molecule has 16 heteroatoms. The van der Waals surface area contributed by atoms with E-state index in [9.17, 15) is 30.7 Å². The van der Waals surface area contributed by atoms with Gasteiger partial charge in [0.1, 0.15) is 29.1 Å². The number of aliphatic carboxylic acids is 1. The molecular weight excluding hydrogens is 724 g/mol. The zero-order valence-corrected chi connectivity index (χ0v) is 33.7. The molecular formula is C36H45N2NaO11S2. The van der Waals surface area contributed by atoms with Crippen LogP contribution in [0.15, 0.2) is 75.9 Å². The molecule has 52 heavy (non-hydrogen) atoms. The SMILES string of the molecule is COCC[N+](CCOC)=c1ccc2c(/C=C/C=C3/N(CCCCCC(=O)O)c4ccc(S(=O)(=O)[O-])cc4C3(C)CCCS(=O)(=O)[O-])ccoc-2c1.[Na+]. The molecule has 13 nitrogen and oxygen atoms in total. The molecule has 1 N–H and O–H groups in total. The van der Waals surface area contributed by atoms with E-state index in [1.165, 1.54) is 12.1 Å². The number of methoxy groups -OCH3 is 2. The van der Waals surface area contributed by atoms with Gasteiger partial charge in [0.15, 0.2) is 13.1 Å². The topological polar surface area (TPSA) is 190 Å². The van der Waals surface area contributed by atoms with Crippen molar-refractivity contribution in [1.82, 2.24) is 4.58 Å². The Morgan fingerprint density at radius 3 is 2.33 bits per heavy atom. The quantitative estimate of drug-likeness (QED) is 0.0790. The van der Waals surface area contributed by atoms with Crippen LogP contribution in [0.1, 0.15) is 56.6 Å². The predicted molar refractivity (Wildman–Crippen MR) is 190 cm³/mol. The van der Waals surface area contributed by atoms with Gasteiger partial charge in [-0.2, -0.15) is 0 Å². The van der Waals surface area contributed by atoms with Crippen molar-refractivity contribution in [3.63, 3.8) is 0 Å². The summed E-state index contributed by atoms with van der Waals surface area (Å²) >= 11 is 0. The van der Waals surface area contributed by atoms with E-state index in [4.69, 9.17) is 19.0 Å². The number of allylic oxidation sites excluding steroid dienone is 3. The third kappa shape index (κ3) is 11.6. The van der Waals surface area contributed by atoms with Crippen LogP contribution < -0.4 is 44.4 Å². The summed E-state index contributed by atoms with van der Waals surface area (Å²) in [5.74, 6) is -0.828. The average Bonchev–Trinajstić information content (AvgIpc) is 3.29. The third-order valence-corrected chi connectivity index (χ3v) is 10.7. The Balaban J connectivity index is 0.00000729. The van der Waals surface area contributed by atoms with Gasteiger partial charge < -0.3 is 33.0 Å². The van der Waals surface area contributed by atoms with Crippen molar-refractivity contribution in [2.45, 2.75) is 55.8 Å². The Hall–Kier alpha value is -2.86. The maximum Gasteiger partial charge on any atom is 1.00 e. The van der Waals surface area contributed by atoms with Crippen LogP contribution in [0.3, 0.4) is 0 Å². The second kappa shape index (κ2) is 19.5. The zero-order chi connectivity index (χ0) is 37.2. The van der Waals surface area contributed by atoms with Crippen LogP contribution in [0.5, 0.6) is 0 Å². The number of fused-ring (bicyclic) bond motifs is 2. The van der Waals surface area contributed by atoms with Gasteiger partial charge in [0.2, 0.25) is 5.36 Å². The van der Waals surface area contributed by atoms with Gasteiger partial charge in [0.05, 0.1) is 27.3 Å². The van der Waals surface area contributed by atoms with E-state index >= 15 is 0 Å². The molecule has 0 saturated carbocycles. The first-order valence-electron chi connectivity index (χ1n) is 16.7. The van der Waals surface area contributed by atoms with Gasteiger partial charge in [-0.05, 0) is 80.1 Å². The van der Waals surface area contributed by atoms with Crippen LogP contribution in [0.2, 0.25) is 0 Å². The number of unbranched alkanes of at least 4 members (excludes halogenated alkanes) is 2. The van der Waals surface area contributed by atoms with Gasteiger partial charge >= 0.3 is 35.5 Å². The molecule has 4 rings (SSSR count). The van der Waals surface area contributed by atoms with Crippen LogP contribution in [0, 0.1) is 0 Å². The van der Waals surface area contributed by atoms with Crippen molar-refractivity contribution < 1.29 is 79.3 Å². The predicted octanol–water partition coefficient (Wildman–Crippen LogP) is 1.00. The number of carboxylic acids is 1. The van der Waals surface area contributed by atoms with Gasteiger partial charge in [-0.1, -0.05) is 18.6 Å². The summed E-state index contributed by atoms with van der Waals surface area (Å²) in [6.45, 7) is 4.70. The van der Waals surface area contributed by atoms with E-state index in [0.29, 0.717) is 69.1 Å². The molecule has 1 unspecified atom stereocenters. The molecule has 1 aromatic carbocycles. The van der Waals surface area contributed by atoms with Crippen LogP contribution in [0.4, 0.5) is 5.69 Å². The van der Waals surface area contributed by atoms with Crippen LogP contribution in [0.25, 0.3) is 17.4 Å². The summed E-state index contributed by atoms with van der Waals surface area (Å²) in [4.78, 5) is 12.6. The van der Waals surface area contributed by atoms with E-state index in [1.807, 2.05) is 54.3 Å². The number of rotatable bonds is 19. The second-order valence-electron chi connectivity index (χ2n) is 12.6. The molecule has 2 heterocycles. The Kier molecular flexibility index (Phi) is 16.3. The number of carboxylic acid groups (broad SMARTS) is 1. The molecule has 0 spiro atoms. The monoisotopic (exact) mass is 768 g/mol. The zero-order valence-electron chi connectivity index (χ0n) is 30.1. The van der Waals surface area contributed by atoms with Crippen molar-refractivity contribution in [2.24, 2.45) is 0 Å². The summed E-state index contributed by atoms with van der Waals surface area (Å²) in [7, 11) is -6.02. The van der Waals surface area contributed by atoms with E-state index in [1.54, 1.807) is 26.5 Å². The van der Waals surface area contributed by atoms with Gasteiger partial charge in [-0.15, -0.1) is 0 Å². The Morgan fingerprint density at radius 1 is 0.981 bits per heavy atom. The fourth-order valence-corrected chi connectivity index (χ4v) is 7.49. The summed E-state index contributed by atoms with van der Waals surface area (Å²) in [5.41, 5.74) is 2.63. The minimum atomic E-state index is -4.81. The molecule has 3 aliphatic rings. The molecule has 0 saturated heterocycles. The largest absolute Gasteiger partial charge is 1.00 e. The summed E-state index contributed by atoms with van der Waals surface area (Å²) < 4.78 is 89.4. The normalized spacial score (nSPS) is 16.8.